The molecule has 0 bridgehead atoms. The fourth-order valence-corrected chi connectivity index (χ4v) is 5.53. The van der Waals surface area contributed by atoms with Crippen molar-refractivity contribution in [1.82, 2.24) is 0 Å². The van der Waals surface area contributed by atoms with E-state index >= 15 is 0 Å². The second-order valence-electron chi connectivity index (χ2n) is 7.68. The lowest BCUT2D eigenvalue weighted by molar-refractivity contribution is -0.136. The molecule has 1 fully saturated rings. The molecule has 1 saturated heterocycles. The van der Waals surface area contributed by atoms with Crippen LogP contribution in [0.15, 0.2) is 78.9 Å². The highest BCUT2D eigenvalue weighted by molar-refractivity contribution is 7.86. The molecule has 0 radical (unpaired) electrons. The maximum Gasteiger partial charge on any atom is 0.307 e. The van der Waals surface area contributed by atoms with Gasteiger partial charge in [0.05, 0.1) is 12.5 Å². The Hall–Kier alpha value is -3.32. The number of hydrogen-bond acceptors (Lipinski definition) is 3. The zero-order valence-electron chi connectivity index (χ0n) is 17.2. The Bertz CT molecular complexity index is 1130. The highest BCUT2D eigenvalue weighted by Crippen LogP contribution is 2.42. The van der Waals surface area contributed by atoms with Crippen LogP contribution in [0.1, 0.15) is 22.7 Å². The first-order valence-corrected chi connectivity index (χ1v) is 11.6. The first kappa shape index (κ1) is 21.9. The summed E-state index contributed by atoms with van der Waals surface area (Å²) < 4.78 is 26.6. The van der Waals surface area contributed by atoms with Gasteiger partial charge in [0.25, 0.3) is 0 Å². The fourth-order valence-electron chi connectivity index (χ4n) is 3.93. The summed E-state index contributed by atoms with van der Waals surface area (Å²) in [7, 11) is -1.41. The van der Waals surface area contributed by atoms with E-state index in [4.69, 9.17) is 5.11 Å². The van der Waals surface area contributed by atoms with E-state index in [1.54, 1.807) is 24.3 Å². The number of halogens is 1. The number of carbonyl (C=O) groups excluding carboxylic acids is 1. The summed E-state index contributed by atoms with van der Waals surface area (Å²) in [6, 6.07) is 21.8. The van der Waals surface area contributed by atoms with Crippen molar-refractivity contribution < 1.29 is 23.3 Å². The number of aliphatic carboxylic acids is 1. The van der Waals surface area contributed by atoms with E-state index in [2.05, 4.69) is 0 Å². The van der Waals surface area contributed by atoms with Gasteiger partial charge in [0, 0.05) is 22.2 Å². The van der Waals surface area contributed by atoms with Crippen LogP contribution in [0, 0.1) is 5.82 Å². The van der Waals surface area contributed by atoms with Crippen LogP contribution in [0.25, 0.3) is 0 Å². The van der Waals surface area contributed by atoms with Gasteiger partial charge >= 0.3 is 5.97 Å². The average Bonchev–Trinajstić information content (AvgIpc) is 2.78. The first-order valence-electron chi connectivity index (χ1n) is 10.2. The first-order chi connectivity index (χ1) is 15.4. The van der Waals surface area contributed by atoms with Crippen molar-refractivity contribution in [3.63, 3.8) is 0 Å². The summed E-state index contributed by atoms with van der Waals surface area (Å²) in [4.78, 5) is 25.6. The van der Waals surface area contributed by atoms with Crippen LogP contribution in [0.2, 0.25) is 0 Å². The topological polar surface area (TPSA) is 74.7 Å². The molecule has 0 aliphatic carbocycles. The van der Waals surface area contributed by atoms with Gasteiger partial charge in [0.1, 0.15) is 11.1 Å². The van der Waals surface area contributed by atoms with E-state index < -0.39 is 33.9 Å². The number of β-lactam (4-membered cyclic amide) rings is 1. The minimum absolute atomic E-state index is 0.0992. The van der Waals surface area contributed by atoms with Gasteiger partial charge in [-0.15, -0.1) is 0 Å². The Morgan fingerprint density at radius 2 is 1.59 bits per heavy atom. The zero-order chi connectivity index (χ0) is 22.7. The summed E-state index contributed by atoms with van der Waals surface area (Å²) in [5.74, 6) is -1.24. The van der Waals surface area contributed by atoms with Gasteiger partial charge in [-0.25, -0.2) is 4.39 Å². The van der Waals surface area contributed by atoms with Crippen molar-refractivity contribution in [3.05, 3.63) is 101 Å². The van der Waals surface area contributed by atoms with Crippen molar-refractivity contribution in [2.45, 2.75) is 24.1 Å². The number of carbonyl (C=O) groups is 2. The van der Waals surface area contributed by atoms with Gasteiger partial charge in [-0.3, -0.25) is 13.8 Å². The van der Waals surface area contributed by atoms with Gasteiger partial charge < -0.3 is 10.0 Å². The summed E-state index contributed by atoms with van der Waals surface area (Å²) in [6.45, 7) is 0. The molecule has 1 amide bonds. The third-order valence-corrected chi connectivity index (χ3v) is 7.18. The molecule has 4 rings (SSSR count). The molecule has 0 spiro atoms. The fraction of sp³-hybridized carbons (Fsp3) is 0.200. The lowest BCUT2D eigenvalue weighted by Crippen LogP contribution is -2.61. The lowest BCUT2D eigenvalue weighted by atomic mass is 9.91. The van der Waals surface area contributed by atoms with Gasteiger partial charge in [-0.1, -0.05) is 54.6 Å². The molecule has 1 aliphatic rings. The molecule has 1 N–H and O–H groups in total. The summed E-state index contributed by atoms with van der Waals surface area (Å²) in [6.07, 6.45) is 0.496. The van der Waals surface area contributed by atoms with Crippen LogP contribution in [0.4, 0.5) is 10.1 Å². The summed E-state index contributed by atoms with van der Waals surface area (Å²) in [5.41, 5.74) is 2.99. The molecule has 32 heavy (non-hydrogen) atoms. The minimum atomic E-state index is -1.41. The molecule has 1 heterocycles. The monoisotopic (exact) mass is 451 g/mol. The van der Waals surface area contributed by atoms with E-state index in [0.29, 0.717) is 23.4 Å². The summed E-state index contributed by atoms with van der Waals surface area (Å²) in [5, 5.41) is 8.28. The number of carboxylic acids is 1. The molecule has 5 nitrogen and oxygen atoms in total. The highest BCUT2D eigenvalue weighted by Gasteiger charge is 2.52. The van der Waals surface area contributed by atoms with Crippen molar-refractivity contribution in [1.29, 1.82) is 0 Å². The molecule has 3 atom stereocenters. The van der Waals surface area contributed by atoms with Crippen LogP contribution in [0.5, 0.6) is 0 Å². The predicted molar refractivity (Wildman–Crippen MR) is 121 cm³/mol. The molecule has 0 aromatic heterocycles. The Balaban J connectivity index is 1.59. The average molecular weight is 452 g/mol. The van der Waals surface area contributed by atoms with Crippen LogP contribution < -0.4 is 4.90 Å². The molecule has 1 aliphatic heterocycles. The Morgan fingerprint density at radius 1 is 0.938 bits per heavy atom. The number of rotatable bonds is 8. The second kappa shape index (κ2) is 9.44. The number of benzene rings is 3. The van der Waals surface area contributed by atoms with Gasteiger partial charge in [0.2, 0.25) is 5.91 Å². The number of nitrogens with zero attached hydrogens (tertiary/aromatic N) is 1. The van der Waals surface area contributed by atoms with Gasteiger partial charge in [-0.2, -0.15) is 0 Å². The smallest absolute Gasteiger partial charge is 0.307 e. The second-order valence-corrected chi connectivity index (χ2v) is 9.36. The Morgan fingerprint density at radius 3 is 2.22 bits per heavy atom. The van der Waals surface area contributed by atoms with Gasteiger partial charge in [-0.05, 0) is 47.4 Å². The molecular formula is C25H22FNO4S. The maximum atomic E-state index is 13.4. The van der Waals surface area contributed by atoms with Crippen LogP contribution in [0.3, 0.4) is 0 Å². The molecule has 3 aromatic rings. The van der Waals surface area contributed by atoms with Crippen molar-refractivity contribution in [3.8, 4) is 0 Å². The normalized spacial score (nSPS) is 18.8. The zero-order valence-corrected chi connectivity index (χ0v) is 18.0. The lowest BCUT2D eigenvalue weighted by Gasteiger charge is -2.46. The van der Waals surface area contributed by atoms with Crippen LogP contribution in [-0.2, 0) is 33.2 Å². The van der Waals surface area contributed by atoms with E-state index in [9.17, 15) is 18.2 Å². The number of carboxylic acid groups (broad SMARTS) is 1. The molecule has 1 unspecified atom stereocenters. The Kier molecular flexibility index (Phi) is 6.46. The van der Waals surface area contributed by atoms with E-state index in [1.165, 1.54) is 29.2 Å². The Labute approximate surface area is 188 Å². The third-order valence-electron chi connectivity index (χ3n) is 5.55. The number of anilines is 1. The number of hydrogen-bond donors (Lipinski definition) is 1. The van der Waals surface area contributed by atoms with E-state index in [1.807, 2.05) is 30.3 Å². The van der Waals surface area contributed by atoms with Gasteiger partial charge in [0.15, 0.2) is 0 Å². The SMILES string of the molecule is O=C(O)Cc1ccc([C@H]2[C@H](S(=O)CCc3ccccc3)C(=O)N2c2ccc(F)cc2)cc1. The van der Waals surface area contributed by atoms with E-state index in [-0.39, 0.29) is 12.3 Å². The van der Waals surface area contributed by atoms with E-state index in [0.717, 1.165) is 11.1 Å². The largest absolute Gasteiger partial charge is 0.481 e. The molecule has 0 saturated carbocycles. The van der Waals surface area contributed by atoms with Crippen LogP contribution >= 0.6 is 0 Å². The number of aryl methyl sites for hydroxylation is 1. The van der Waals surface area contributed by atoms with Crippen molar-refractivity contribution in [2.75, 3.05) is 10.7 Å². The van der Waals surface area contributed by atoms with Crippen molar-refractivity contribution in [2.24, 2.45) is 0 Å². The molecular weight excluding hydrogens is 429 g/mol. The highest BCUT2D eigenvalue weighted by atomic mass is 32.2. The molecule has 3 aromatic carbocycles. The predicted octanol–water partition coefficient (Wildman–Crippen LogP) is 3.90. The third kappa shape index (κ3) is 4.62. The molecule has 7 heteroatoms. The standard InChI is InChI=1S/C25H22FNO4S/c26-20-10-12-21(13-11-20)27-23(19-8-6-18(7-9-19)16-22(28)29)24(25(27)30)32(31)15-14-17-4-2-1-3-5-17/h1-13,23-24H,14-16H2,(H,28,29)/t23-,24-,32?/m0/s1. The van der Waals surface area contributed by atoms with Crippen molar-refractivity contribution >= 4 is 28.4 Å². The van der Waals surface area contributed by atoms with Crippen LogP contribution in [-0.4, -0.2) is 32.2 Å². The minimum Gasteiger partial charge on any atom is -0.481 e. The quantitative estimate of drug-likeness (QED) is 0.527. The number of amides is 1. The molecule has 164 valence electrons. The maximum absolute atomic E-state index is 13.4. The summed E-state index contributed by atoms with van der Waals surface area (Å²) >= 11 is 0.